The van der Waals surface area contributed by atoms with Gasteiger partial charge in [-0.3, -0.25) is 14.7 Å². The van der Waals surface area contributed by atoms with E-state index in [1.165, 1.54) is 6.20 Å². The van der Waals surface area contributed by atoms with Gasteiger partial charge < -0.3 is 14.6 Å². The van der Waals surface area contributed by atoms with Crippen molar-refractivity contribution in [3.05, 3.63) is 51.6 Å². The van der Waals surface area contributed by atoms with E-state index in [1.54, 1.807) is 6.07 Å². The van der Waals surface area contributed by atoms with Gasteiger partial charge in [0, 0.05) is 43.0 Å². The number of hydrogen-bond acceptors (Lipinski definition) is 6. The summed E-state index contributed by atoms with van der Waals surface area (Å²) in [6, 6.07) is 7.62. The topological polar surface area (TPSA) is 94.5 Å². The number of aromatic amines is 1. The maximum Gasteiger partial charge on any atom is 0.418 e. The fraction of sp³-hybridized carbons (Fsp3) is 0.316. The molecule has 0 bridgehead atoms. The first kappa shape index (κ1) is 18.5. The van der Waals surface area contributed by atoms with E-state index in [0.717, 1.165) is 42.5 Å². The smallest absolute Gasteiger partial charge is 0.406 e. The Balaban J connectivity index is 1.31. The zero-order chi connectivity index (χ0) is 19.7. The van der Waals surface area contributed by atoms with E-state index in [0.29, 0.717) is 23.5 Å². The molecule has 1 aliphatic rings. The fourth-order valence-electron chi connectivity index (χ4n) is 3.30. The summed E-state index contributed by atoms with van der Waals surface area (Å²) in [5.74, 6) is -0.699. The molecule has 0 unspecified atom stereocenters. The van der Waals surface area contributed by atoms with E-state index < -0.39 is 5.76 Å². The third-order valence-corrected chi connectivity index (χ3v) is 5.23. The van der Waals surface area contributed by atoms with Crippen molar-refractivity contribution in [3.63, 3.8) is 0 Å². The largest absolute Gasteiger partial charge is 0.418 e. The summed E-state index contributed by atoms with van der Waals surface area (Å²) in [5.41, 5.74) is 3.38. The van der Waals surface area contributed by atoms with Crippen molar-refractivity contribution in [3.8, 4) is 0 Å². The number of halogens is 1. The SMILES string of the molecule is Cc1cc(N2CCN(CC(=O)Nc3cnc4[nH]c(=O)oc4c3)CC2)ccc1Cl. The lowest BCUT2D eigenvalue weighted by Crippen LogP contribution is -2.48. The van der Waals surface area contributed by atoms with Gasteiger partial charge in [-0.15, -0.1) is 0 Å². The summed E-state index contributed by atoms with van der Waals surface area (Å²) < 4.78 is 4.96. The van der Waals surface area contributed by atoms with Gasteiger partial charge in [-0.1, -0.05) is 11.6 Å². The molecule has 9 heteroatoms. The molecule has 1 saturated heterocycles. The van der Waals surface area contributed by atoms with Gasteiger partial charge in [0.15, 0.2) is 11.2 Å². The molecule has 1 aromatic carbocycles. The highest BCUT2D eigenvalue weighted by Gasteiger charge is 2.20. The lowest BCUT2D eigenvalue weighted by Gasteiger charge is -2.35. The molecule has 2 N–H and O–H groups in total. The van der Waals surface area contributed by atoms with Crippen molar-refractivity contribution in [2.45, 2.75) is 6.92 Å². The van der Waals surface area contributed by atoms with E-state index in [-0.39, 0.29) is 5.91 Å². The lowest BCUT2D eigenvalue weighted by atomic mass is 10.2. The van der Waals surface area contributed by atoms with E-state index in [2.05, 4.69) is 31.2 Å². The van der Waals surface area contributed by atoms with Crippen LogP contribution in [0, 0.1) is 6.92 Å². The maximum absolute atomic E-state index is 12.3. The van der Waals surface area contributed by atoms with E-state index in [4.69, 9.17) is 16.0 Å². The number of nitrogens with one attached hydrogen (secondary N) is 2. The molecule has 1 fully saturated rings. The summed E-state index contributed by atoms with van der Waals surface area (Å²) in [6.45, 7) is 5.56. The normalized spacial score (nSPS) is 15.1. The molecule has 0 radical (unpaired) electrons. The van der Waals surface area contributed by atoms with Crippen LogP contribution in [0.15, 0.2) is 39.7 Å². The number of nitrogens with zero attached hydrogens (tertiary/aromatic N) is 3. The minimum absolute atomic E-state index is 0.130. The Morgan fingerprint density at radius 1 is 1.29 bits per heavy atom. The standard InChI is InChI=1S/C19H20ClN5O3/c1-12-8-14(2-3-15(12)20)25-6-4-24(5-7-25)11-17(26)22-13-9-16-18(21-10-13)23-19(27)28-16/h2-3,8-10H,4-7,11H2,1H3,(H,22,26)(H,21,23,27). The fourth-order valence-corrected chi connectivity index (χ4v) is 3.42. The van der Waals surface area contributed by atoms with Crippen LogP contribution in [0.5, 0.6) is 0 Å². The Morgan fingerprint density at radius 2 is 2.07 bits per heavy atom. The van der Waals surface area contributed by atoms with E-state index in [9.17, 15) is 9.59 Å². The first-order valence-corrected chi connectivity index (χ1v) is 9.38. The molecule has 1 amide bonds. The molecule has 0 aliphatic carbocycles. The van der Waals surface area contributed by atoms with Crippen LogP contribution in [-0.2, 0) is 4.79 Å². The molecule has 8 nitrogen and oxygen atoms in total. The molecule has 0 saturated carbocycles. The molecule has 1 aliphatic heterocycles. The molecule has 3 heterocycles. The molecule has 2 aromatic heterocycles. The number of fused-ring (bicyclic) bond motifs is 1. The number of rotatable bonds is 4. The highest BCUT2D eigenvalue weighted by molar-refractivity contribution is 6.31. The van der Waals surface area contributed by atoms with Crippen LogP contribution in [0.25, 0.3) is 11.2 Å². The minimum atomic E-state index is -0.570. The van der Waals surface area contributed by atoms with Gasteiger partial charge in [0.25, 0.3) is 0 Å². The molecule has 4 rings (SSSR count). The first-order chi connectivity index (χ1) is 13.5. The van der Waals surface area contributed by atoms with Gasteiger partial charge in [0.1, 0.15) is 0 Å². The zero-order valence-corrected chi connectivity index (χ0v) is 16.1. The number of aromatic nitrogens is 2. The summed E-state index contributed by atoms with van der Waals surface area (Å²) in [6.07, 6.45) is 1.49. The van der Waals surface area contributed by atoms with Crippen LogP contribution < -0.4 is 16.0 Å². The molecule has 0 spiro atoms. The van der Waals surface area contributed by atoms with Crippen molar-refractivity contribution in [2.24, 2.45) is 0 Å². The number of oxazole rings is 1. The molecule has 28 heavy (non-hydrogen) atoms. The number of carbonyl (C=O) groups excluding carboxylic acids is 1. The number of carbonyl (C=O) groups is 1. The number of hydrogen-bond donors (Lipinski definition) is 2. The Hall–Kier alpha value is -2.84. The molecule has 0 atom stereocenters. The van der Waals surface area contributed by atoms with Gasteiger partial charge in [-0.2, -0.15) is 0 Å². The molecule has 146 valence electrons. The Kier molecular flexibility index (Phi) is 5.06. The third-order valence-electron chi connectivity index (χ3n) is 4.81. The van der Waals surface area contributed by atoms with E-state index in [1.807, 2.05) is 19.1 Å². The summed E-state index contributed by atoms with van der Waals surface area (Å²) in [5, 5.41) is 3.57. The van der Waals surface area contributed by atoms with E-state index >= 15 is 0 Å². The summed E-state index contributed by atoms with van der Waals surface area (Å²) >= 11 is 6.10. The Bertz CT molecular complexity index is 1070. The number of aryl methyl sites for hydroxylation is 1. The number of pyridine rings is 1. The van der Waals surface area contributed by atoms with Gasteiger partial charge in [0.05, 0.1) is 18.4 Å². The van der Waals surface area contributed by atoms with Crippen LogP contribution in [-0.4, -0.2) is 53.5 Å². The molecular formula is C19H20ClN5O3. The number of benzene rings is 1. The van der Waals surface area contributed by atoms with Gasteiger partial charge >= 0.3 is 5.76 Å². The minimum Gasteiger partial charge on any atom is -0.406 e. The number of anilines is 2. The first-order valence-electron chi connectivity index (χ1n) is 9.00. The van der Waals surface area contributed by atoms with Crippen molar-refractivity contribution in [2.75, 3.05) is 42.9 Å². The van der Waals surface area contributed by atoms with Gasteiger partial charge in [0.2, 0.25) is 5.91 Å². The second-order valence-electron chi connectivity index (χ2n) is 6.83. The van der Waals surface area contributed by atoms with Gasteiger partial charge in [-0.05, 0) is 30.7 Å². The second kappa shape index (κ2) is 7.65. The average molecular weight is 402 g/mol. The van der Waals surface area contributed by atoms with Crippen LogP contribution in [0.2, 0.25) is 5.02 Å². The zero-order valence-electron chi connectivity index (χ0n) is 15.4. The highest BCUT2D eigenvalue weighted by Crippen LogP contribution is 2.23. The highest BCUT2D eigenvalue weighted by atomic mass is 35.5. The Morgan fingerprint density at radius 3 is 2.82 bits per heavy atom. The molecular weight excluding hydrogens is 382 g/mol. The van der Waals surface area contributed by atoms with Crippen LogP contribution >= 0.6 is 11.6 Å². The van der Waals surface area contributed by atoms with Gasteiger partial charge in [-0.25, -0.2) is 9.78 Å². The van der Waals surface area contributed by atoms with Crippen molar-refractivity contribution in [1.82, 2.24) is 14.9 Å². The average Bonchev–Trinajstić information content (AvgIpc) is 3.04. The predicted molar refractivity (Wildman–Crippen MR) is 108 cm³/mol. The van der Waals surface area contributed by atoms with Crippen LogP contribution in [0.3, 0.4) is 0 Å². The quantitative estimate of drug-likeness (QED) is 0.696. The third kappa shape index (κ3) is 4.02. The number of piperazine rings is 1. The second-order valence-corrected chi connectivity index (χ2v) is 7.24. The summed E-state index contributed by atoms with van der Waals surface area (Å²) in [7, 11) is 0. The van der Waals surface area contributed by atoms with Crippen molar-refractivity contribution in [1.29, 1.82) is 0 Å². The van der Waals surface area contributed by atoms with Crippen LogP contribution in [0.4, 0.5) is 11.4 Å². The maximum atomic E-state index is 12.3. The Labute approximate surface area is 166 Å². The number of H-pyrrole nitrogens is 1. The van der Waals surface area contributed by atoms with Crippen molar-refractivity contribution < 1.29 is 9.21 Å². The molecule has 3 aromatic rings. The van der Waals surface area contributed by atoms with Crippen molar-refractivity contribution >= 4 is 40.1 Å². The number of amides is 1. The van der Waals surface area contributed by atoms with Crippen LogP contribution in [0.1, 0.15) is 5.56 Å². The predicted octanol–water partition coefficient (Wildman–Crippen LogP) is 2.24. The monoisotopic (exact) mass is 401 g/mol. The lowest BCUT2D eigenvalue weighted by molar-refractivity contribution is -0.117. The summed E-state index contributed by atoms with van der Waals surface area (Å²) in [4.78, 5) is 34.5.